The van der Waals surface area contributed by atoms with Gasteiger partial charge in [0.2, 0.25) is 11.8 Å². The lowest BCUT2D eigenvalue weighted by molar-refractivity contribution is -0.132. The van der Waals surface area contributed by atoms with Crippen LogP contribution in [0.3, 0.4) is 0 Å². The number of carbonyl (C=O) groups is 1. The summed E-state index contributed by atoms with van der Waals surface area (Å²) in [6.45, 7) is 3.54. The molecule has 1 unspecified atom stereocenters. The van der Waals surface area contributed by atoms with Gasteiger partial charge in [-0.15, -0.1) is 0 Å². The molecule has 1 aromatic carbocycles. The van der Waals surface area contributed by atoms with Gasteiger partial charge in [-0.25, -0.2) is 4.98 Å². The molecule has 126 valence electrons. The largest absolute Gasteiger partial charge is 0.481 e. The minimum Gasteiger partial charge on any atom is -0.481 e. The molecule has 0 bridgehead atoms. The van der Waals surface area contributed by atoms with Gasteiger partial charge in [0.1, 0.15) is 0 Å². The predicted molar refractivity (Wildman–Crippen MR) is 94.2 cm³/mol. The van der Waals surface area contributed by atoms with Crippen LogP contribution in [0.15, 0.2) is 42.5 Å². The van der Waals surface area contributed by atoms with Crippen LogP contribution < -0.4 is 9.64 Å². The topological polar surface area (TPSA) is 45.7 Å². The maximum absolute atomic E-state index is 12.9. The Bertz CT molecular complexity index is 732. The number of amides is 1. The van der Waals surface area contributed by atoms with E-state index in [0.29, 0.717) is 12.4 Å². The predicted octanol–water partition coefficient (Wildman–Crippen LogP) is 2.50. The number of ether oxygens (including phenoxy) is 1. The van der Waals surface area contributed by atoms with E-state index in [0.717, 1.165) is 12.2 Å². The molecule has 0 saturated carbocycles. The number of anilines is 1. The highest BCUT2D eigenvalue weighted by Gasteiger charge is 2.26. The van der Waals surface area contributed by atoms with E-state index >= 15 is 0 Å². The van der Waals surface area contributed by atoms with Crippen molar-refractivity contribution in [2.45, 2.75) is 25.9 Å². The molecule has 0 fully saturated rings. The lowest BCUT2D eigenvalue weighted by atomic mass is 10.1. The van der Waals surface area contributed by atoms with Crippen molar-refractivity contribution >= 4 is 11.6 Å². The second kappa shape index (κ2) is 6.91. The summed E-state index contributed by atoms with van der Waals surface area (Å²) in [5.41, 5.74) is 3.10. The number of nitrogens with zero attached hydrogens (tertiary/aromatic N) is 3. The first-order chi connectivity index (χ1) is 11.6. The molecular formula is C19H23N3O2. The van der Waals surface area contributed by atoms with Crippen molar-refractivity contribution in [1.82, 2.24) is 9.88 Å². The van der Waals surface area contributed by atoms with E-state index in [1.807, 2.05) is 29.2 Å². The number of methoxy groups -OCH3 is 1. The van der Waals surface area contributed by atoms with E-state index in [2.05, 4.69) is 36.0 Å². The molecule has 0 spiro atoms. The number of carbonyl (C=O) groups excluding carboxylic acids is 1. The molecule has 2 heterocycles. The van der Waals surface area contributed by atoms with Gasteiger partial charge in [0.15, 0.2) is 0 Å². The van der Waals surface area contributed by atoms with Crippen molar-refractivity contribution in [2.24, 2.45) is 0 Å². The van der Waals surface area contributed by atoms with E-state index in [1.165, 1.54) is 11.3 Å². The van der Waals surface area contributed by atoms with Crippen molar-refractivity contribution in [3.8, 4) is 5.88 Å². The summed E-state index contributed by atoms with van der Waals surface area (Å²) >= 11 is 0. The molecule has 2 aromatic rings. The van der Waals surface area contributed by atoms with E-state index in [-0.39, 0.29) is 18.4 Å². The zero-order valence-electron chi connectivity index (χ0n) is 14.4. The molecule has 0 saturated heterocycles. The Hall–Kier alpha value is -2.56. The Balaban J connectivity index is 1.81. The molecule has 1 aromatic heterocycles. The van der Waals surface area contributed by atoms with Crippen LogP contribution in [-0.2, 0) is 17.8 Å². The third-order valence-corrected chi connectivity index (χ3v) is 4.46. The van der Waals surface area contributed by atoms with Crippen molar-refractivity contribution in [3.63, 3.8) is 0 Å². The first kappa shape index (κ1) is 16.3. The van der Waals surface area contributed by atoms with Crippen molar-refractivity contribution in [1.29, 1.82) is 0 Å². The lowest BCUT2D eigenvalue weighted by Gasteiger charge is -2.28. The maximum atomic E-state index is 12.9. The standard InChI is InChI=1S/C19H23N3O2/c1-14-12-21(2)17-9-5-4-7-15(17)13-22(14)19(23)11-16-8-6-10-18(20-16)24-3/h4-10,14H,11-13H2,1-3H3. The number of hydrogen-bond acceptors (Lipinski definition) is 4. The average Bonchev–Trinajstić information content (AvgIpc) is 2.71. The summed E-state index contributed by atoms with van der Waals surface area (Å²) in [4.78, 5) is 21.4. The van der Waals surface area contributed by atoms with Crippen LogP contribution in [0.4, 0.5) is 5.69 Å². The highest BCUT2D eigenvalue weighted by molar-refractivity contribution is 5.79. The summed E-state index contributed by atoms with van der Waals surface area (Å²) < 4.78 is 5.14. The number of pyridine rings is 1. The third kappa shape index (κ3) is 3.35. The summed E-state index contributed by atoms with van der Waals surface area (Å²) in [5.74, 6) is 0.627. The van der Waals surface area contributed by atoms with Gasteiger partial charge < -0.3 is 14.5 Å². The number of benzene rings is 1. The van der Waals surface area contributed by atoms with Gasteiger partial charge in [-0.3, -0.25) is 4.79 Å². The van der Waals surface area contributed by atoms with Crippen molar-refractivity contribution in [3.05, 3.63) is 53.7 Å². The normalized spacial score (nSPS) is 17.2. The van der Waals surface area contributed by atoms with Crippen LogP contribution in [-0.4, -0.2) is 42.5 Å². The van der Waals surface area contributed by atoms with Crippen molar-refractivity contribution < 1.29 is 9.53 Å². The fourth-order valence-electron chi connectivity index (χ4n) is 3.21. The lowest BCUT2D eigenvalue weighted by Crippen LogP contribution is -2.42. The molecule has 0 N–H and O–H groups in total. The summed E-state index contributed by atoms with van der Waals surface area (Å²) in [5, 5.41) is 0. The number of hydrogen-bond donors (Lipinski definition) is 0. The van der Waals surface area contributed by atoms with Gasteiger partial charge >= 0.3 is 0 Å². The molecule has 0 aliphatic carbocycles. The van der Waals surface area contributed by atoms with Gasteiger partial charge in [0, 0.05) is 37.9 Å². The quantitative estimate of drug-likeness (QED) is 0.870. The van der Waals surface area contributed by atoms with Gasteiger partial charge in [-0.1, -0.05) is 24.3 Å². The van der Waals surface area contributed by atoms with E-state index in [9.17, 15) is 4.79 Å². The molecule has 5 heteroatoms. The molecular weight excluding hydrogens is 302 g/mol. The number of fused-ring (bicyclic) bond motifs is 1. The van der Waals surface area contributed by atoms with Crippen LogP contribution in [0.1, 0.15) is 18.2 Å². The highest BCUT2D eigenvalue weighted by Crippen LogP contribution is 2.26. The fourth-order valence-corrected chi connectivity index (χ4v) is 3.21. The SMILES string of the molecule is COc1cccc(CC(=O)N2Cc3ccccc3N(C)CC2C)n1. The van der Waals surface area contributed by atoms with Crippen LogP contribution in [0.5, 0.6) is 5.88 Å². The fraction of sp³-hybridized carbons (Fsp3) is 0.368. The first-order valence-electron chi connectivity index (χ1n) is 8.17. The third-order valence-electron chi connectivity index (χ3n) is 4.46. The number of aromatic nitrogens is 1. The van der Waals surface area contributed by atoms with Gasteiger partial charge in [-0.2, -0.15) is 0 Å². The molecule has 3 rings (SSSR count). The smallest absolute Gasteiger partial charge is 0.229 e. The average molecular weight is 325 g/mol. The van der Waals surface area contributed by atoms with E-state index < -0.39 is 0 Å². The minimum absolute atomic E-state index is 0.0911. The molecule has 1 aliphatic rings. The summed E-state index contributed by atoms with van der Waals surface area (Å²) in [7, 11) is 3.66. The molecule has 1 atom stereocenters. The Kier molecular flexibility index (Phi) is 4.69. The van der Waals surface area contributed by atoms with Crippen LogP contribution in [0.25, 0.3) is 0 Å². The molecule has 24 heavy (non-hydrogen) atoms. The van der Waals surface area contributed by atoms with Crippen LogP contribution in [0.2, 0.25) is 0 Å². The van der Waals surface area contributed by atoms with Gasteiger partial charge in [-0.05, 0) is 24.6 Å². The van der Waals surface area contributed by atoms with Gasteiger partial charge in [0.05, 0.1) is 19.2 Å². The molecule has 1 aliphatic heterocycles. The zero-order chi connectivity index (χ0) is 17.1. The molecule has 1 amide bonds. The number of rotatable bonds is 3. The Morgan fingerprint density at radius 1 is 1.25 bits per heavy atom. The summed E-state index contributed by atoms with van der Waals surface area (Å²) in [6.07, 6.45) is 0.285. The monoisotopic (exact) mass is 325 g/mol. The molecule has 5 nitrogen and oxygen atoms in total. The molecule has 0 radical (unpaired) electrons. The highest BCUT2D eigenvalue weighted by atomic mass is 16.5. The second-order valence-electron chi connectivity index (χ2n) is 6.23. The van der Waals surface area contributed by atoms with Crippen molar-refractivity contribution in [2.75, 3.05) is 25.6 Å². The van der Waals surface area contributed by atoms with Crippen LogP contribution in [0, 0.1) is 0 Å². The number of para-hydroxylation sites is 1. The first-order valence-corrected chi connectivity index (χ1v) is 8.17. The Morgan fingerprint density at radius 3 is 2.83 bits per heavy atom. The Morgan fingerprint density at radius 2 is 2.04 bits per heavy atom. The summed E-state index contributed by atoms with van der Waals surface area (Å²) in [6, 6.07) is 13.9. The maximum Gasteiger partial charge on any atom is 0.229 e. The van der Waals surface area contributed by atoms with E-state index in [1.54, 1.807) is 13.2 Å². The zero-order valence-corrected chi connectivity index (χ0v) is 14.4. The van der Waals surface area contributed by atoms with Crippen LogP contribution >= 0.6 is 0 Å². The van der Waals surface area contributed by atoms with E-state index in [4.69, 9.17) is 4.74 Å². The minimum atomic E-state index is 0.0911. The number of likely N-dealkylation sites (N-methyl/N-ethyl adjacent to an activating group) is 1. The second-order valence-corrected chi connectivity index (χ2v) is 6.23. The Labute approximate surface area is 142 Å². The van der Waals surface area contributed by atoms with Gasteiger partial charge in [0.25, 0.3) is 0 Å².